The Bertz CT molecular complexity index is 1010. The van der Waals surface area contributed by atoms with Crippen molar-refractivity contribution in [1.29, 1.82) is 0 Å². The van der Waals surface area contributed by atoms with Crippen molar-refractivity contribution >= 4 is 11.9 Å². The van der Waals surface area contributed by atoms with Crippen LogP contribution in [-0.4, -0.2) is 47.4 Å². The molecule has 0 saturated carbocycles. The van der Waals surface area contributed by atoms with Gasteiger partial charge in [0.1, 0.15) is 0 Å². The van der Waals surface area contributed by atoms with Gasteiger partial charge in [-0.3, -0.25) is 9.59 Å². The molecule has 6 nitrogen and oxygen atoms in total. The largest absolute Gasteiger partial charge is 0.466 e. The van der Waals surface area contributed by atoms with Crippen molar-refractivity contribution in [3.8, 4) is 0 Å². The Morgan fingerprint density at radius 2 is 0.758 bits per heavy atom. The Hall–Kier alpha value is -1.92. The molecule has 0 bridgehead atoms. The number of ether oxygens (including phenoxy) is 1. The van der Waals surface area contributed by atoms with E-state index in [2.05, 4.69) is 43.5 Å². The number of amides is 1. The second-order valence-electron chi connectivity index (χ2n) is 18.5. The molecule has 2 atom stereocenters. The molecule has 0 aromatic carbocycles. The average Bonchev–Trinajstić information content (AvgIpc) is 3.27. The van der Waals surface area contributed by atoms with Crippen LogP contribution >= 0.6 is 0 Å². The van der Waals surface area contributed by atoms with Crippen molar-refractivity contribution in [1.82, 2.24) is 5.32 Å². The smallest absolute Gasteiger partial charge is 0.305 e. The van der Waals surface area contributed by atoms with Crippen LogP contribution in [0.5, 0.6) is 0 Å². The highest BCUT2D eigenvalue weighted by Crippen LogP contribution is 2.15. The van der Waals surface area contributed by atoms with E-state index in [0.717, 1.165) is 51.4 Å². The fraction of sp³-hybridized carbons (Fsp3) is 0.857. The normalized spacial score (nSPS) is 12.9. The third-order valence-corrected chi connectivity index (χ3v) is 12.4. The van der Waals surface area contributed by atoms with Gasteiger partial charge in [0.05, 0.1) is 25.4 Å². The lowest BCUT2D eigenvalue weighted by Gasteiger charge is -2.20. The van der Waals surface area contributed by atoms with Gasteiger partial charge >= 0.3 is 5.97 Å². The van der Waals surface area contributed by atoms with Crippen molar-refractivity contribution in [2.45, 2.75) is 296 Å². The van der Waals surface area contributed by atoms with Crippen LogP contribution in [0.2, 0.25) is 0 Å². The molecule has 0 saturated heterocycles. The SMILES string of the molecule is CCCCCCCC/C=C\CCCCCCCC(=O)OCCCCCCCCCCCC/C=C\CCCCCCCCCC(=O)NC(CO)C(O)/C=C/CCCCCCCCC. The molecule has 62 heavy (non-hydrogen) atoms. The number of aliphatic hydroxyl groups excluding tert-OH is 2. The molecule has 3 N–H and O–H groups in total. The molecular weight excluding hydrogens is 767 g/mol. The zero-order chi connectivity index (χ0) is 45.1. The fourth-order valence-corrected chi connectivity index (χ4v) is 8.15. The second kappa shape index (κ2) is 51.7. The number of nitrogens with one attached hydrogen (secondary N) is 1. The Morgan fingerprint density at radius 3 is 1.15 bits per heavy atom. The number of hydrogen-bond acceptors (Lipinski definition) is 5. The van der Waals surface area contributed by atoms with Crippen molar-refractivity contribution < 1.29 is 24.5 Å². The van der Waals surface area contributed by atoms with Crippen LogP contribution in [0.3, 0.4) is 0 Å². The molecule has 0 aliphatic heterocycles. The van der Waals surface area contributed by atoms with E-state index in [1.54, 1.807) is 6.08 Å². The summed E-state index contributed by atoms with van der Waals surface area (Å²) in [6.07, 6.45) is 63.1. The van der Waals surface area contributed by atoms with Crippen LogP contribution in [-0.2, 0) is 14.3 Å². The zero-order valence-electron chi connectivity index (χ0n) is 41.4. The lowest BCUT2D eigenvalue weighted by molar-refractivity contribution is -0.143. The van der Waals surface area contributed by atoms with Gasteiger partial charge in [-0.05, 0) is 83.5 Å². The summed E-state index contributed by atoms with van der Waals surface area (Å²) in [5.41, 5.74) is 0. The molecule has 6 heteroatoms. The monoisotopic (exact) mass is 872 g/mol. The number of allylic oxidation sites excluding steroid dienone is 5. The van der Waals surface area contributed by atoms with E-state index in [1.165, 1.54) is 205 Å². The fourth-order valence-electron chi connectivity index (χ4n) is 8.15. The van der Waals surface area contributed by atoms with E-state index in [0.29, 0.717) is 19.4 Å². The van der Waals surface area contributed by atoms with Crippen molar-refractivity contribution in [3.05, 3.63) is 36.5 Å². The predicted molar refractivity (Wildman–Crippen MR) is 269 cm³/mol. The quantitative estimate of drug-likeness (QED) is 0.0321. The summed E-state index contributed by atoms with van der Waals surface area (Å²) in [6.45, 7) is 4.85. The van der Waals surface area contributed by atoms with Crippen molar-refractivity contribution in [3.63, 3.8) is 0 Å². The molecule has 0 aliphatic carbocycles. The number of aliphatic hydroxyl groups is 2. The van der Waals surface area contributed by atoms with Gasteiger partial charge in [0.15, 0.2) is 0 Å². The first kappa shape index (κ1) is 60.1. The van der Waals surface area contributed by atoms with Gasteiger partial charge in [0, 0.05) is 12.8 Å². The predicted octanol–water partition coefficient (Wildman–Crippen LogP) is 16.5. The maximum Gasteiger partial charge on any atom is 0.305 e. The molecule has 0 aromatic heterocycles. The van der Waals surface area contributed by atoms with E-state index < -0.39 is 12.1 Å². The second-order valence-corrected chi connectivity index (χ2v) is 18.5. The van der Waals surface area contributed by atoms with E-state index in [1.807, 2.05) is 6.08 Å². The minimum Gasteiger partial charge on any atom is -0.466 e. The van der Waals surface area contributed by atoms with Gasteiger partial charge < -0.3 is 20.3 Å². The number of carbonyl (C=O) groups excluding carboxylic acids is 2. The molecular formula is C56H105NO5. The topological polar surface area (TPSA) is 95.9 Å². The maximum absolute atomic E-state index is 12.4. The number of carbonyl (C=O) groups is 2. The summed E-state index contributed by atoms with van der Waals surface area (Å²) >= 11 is 0. The lowest BCUT2D eigenvalue weighted by atomic mass is 10.0. The molecule has 0 fully saturated rings. The zero-order valence-corrected chi connectivity index (χ0v) is 41.4. The van der Waals surface area contributed by atoms with Gasteiger partial charge in [-0.2, -0.15) is 0 Å². The van der Waals surface area contributed by atoms with Gasteiger partial charge in [-0.25, -0.2) is 0 Å². The van der Waals surface area contributed by atoms with Crippen LogP contribution in [0, 0.1) is 0 Å². The Morgan fingerprint density at radius 1 is 0.435 bits per heavy atom. The standard InChI is InChI=1S/C56H105NO5/c1-3-5-7-9-11-13-14-15-23-27-30-34-38-42-46-50-56(61)62-51-47-43-39-35-31-28-25-22-20-18-16-17-19-21-24-26-29-33-37-41-45-49-55(60)57-53(52-58)54(59)48-44-40-36-32-12-10-8-6-4-2/h15,17,19,23,44,48,53-54,58-59H,3-14,16,18,20-22,24-43,45-47,49-52H2,1-2H3,(H,57,60)/b19-17-,23-15-,48-44+. The summed E-state index contributed by atoms with van der Waals surface area (Å²) in [5.74, 6) is -0.0802. The van der Waals surface area contributed by atoms with Crippen LogP contribution in [0.25, 0.3) is 0 Å². The van der Waals surface area contributed by atoms with E-state index in [9.17, 15) is 19.8 Å². The first-order chi connectivity index (χ1) is 30.5. The maximum atomic E-state index is 12.4. The molecule has 1 amide bonds. The highest BCUT2D eigenvalue weighted by Gasteiger charge is 2.18. The van der Waals surface area contributed by atoms with Crippen molar-refractivity contribution in [2.24, 2.45) is 0 Å². The Labute approximate surface area is 385 Å². The molecule has 364 valence electrons. The van der Waals surface area contributed by atoms with Crippen LogP contribution in [0.15, 0.2) is 36.5 Å². The molecule has 0 aromatic rings. The van der Waals surface area contributed by atoms with Gasteiger partial charge in [0.25, 0.3) is 0 Å². The van der Waals surface area contributed by atoms with E-state index >= 15 is 0 Å². The number of esters is 1. The van der Waals surface area contributed by atoms with E-state index in [4.69, 9.17) is 4.74 Å². The van der Waals surface area contributed by atoms with Crippen molar-refractivity contribution in [2.75, 3.05) is 13.2 Å². The van der Waals surface area contributed by atoms with Crippen LogP contribution in [0.1, 0.15) is 284 Å². The summed E-state index contributed by atoms with van der Waals surface area (Å²) in [6, 6.07) is -0.631. The Kier molecular flexibility index (Phi) is 50.1. The molecule has 0 heterocycles. The molecule has 0 radical (unpaired) electrons. The molecule has 0 spiro atoms. The minimum atomic E-state index is -0.847. The summed E-state index contributed by atoms with van der Waals surface area (Å²) in [5, 5.41) is 22.9. The van der Waals surface area contributed by atoms with E-state index in [-0.39, 0.29) is 18.5 Å². The van der Waals surface area contributed by atoms with Crippen LogP contribution < -0.4 is 5.32 Å². The first-order valence-electron chi connectivity index (χ1n) is 27.3. The highest BCUT2D eigenvalue weighted by atomic mass is 16.5. The molecule has 0 aliphatic rings. The summed E-state index contributed by atoms with van der Waals surface area (Å²) < 4.78 is 5.47. The lowest BCUT2D eigenvalue weighted by Crippen LogP contribution is -2.45. The van der Waals surface area contributed by atoms with Gasteiger partial charge in [0.2, 0.25) is 5.91 Å². The number of rotatable bonds is 50. The highest BCUT2D eigenvalue weighted by molar-refractivity contribution is 5.76. The summed E-state index contributed by atoms with van der Waals surface area (Å²) in [7, 11) is 0. The van der Waals surface area contributed by atoms with Crippen LogP contribution in [0.4, 0.5) is 0 Å². The Balaban J connectivity index is 3.42. The number of unbranched alkanes of at least 4 members (excludes halogenated alkanes) is 35. The third kappa shape index (κ3) is 47.6. The molecule has 2 unspecified atom stereocenters. The average molecular weight is 872 g/mol. The third-order valence-electron chi connectivity index (χ3n) is 12.4. The van der Waals surface area contributed by atoms with Gasteiger partial charge in [-0.15, -0.1) is 0 Å². The summed E-state index contributed by atoms with van der Waals surface area (Å²) in [4.78, 5) is 24.4. The van der Waals surface area contributed by atoms with Gasteiger partial charge in [-0.1, -0.05) is 224 Å². The number of hydrogen-bond donors (Lipinski definition) is 3. The molecule has 0 rings (SSSR count). The first-order valence-corrected chi connectivity index (χ1v) is 27.3. The minimum absolute atomic E-state index is 0.00105.